The van der Waals surface area contributed by atoms with Gasteiger partial charge >= 0.3 is 0 Å². The van der Waals surface area contributed by atoms with Gasteiger partial charge in [-0.2, -0.15) is 0 Å². The van der Waals surface area contributed by atoms with Crippen LogP contribution in [0, 0.1) is 0 Å². The summed E-state index contributed by atoms with van der Waals surface area (Å²) in [5.41, 5.74) is 3.52. The Bertz CT molecular complexity index is 611. The first-order valence-electron chi connectivity index (χ1n) is 7.56. The normalized spacial score (nSPS) is 10.3. The maximum absolute atomic E-state index is 6.14. The van der Waals surface area contributed by atoms with Gasteiger partial charge in [0, 0.05) is 17.3 Å². The standard InChI is InChI=1S/C18H21ClN2S/c1-2-14-9-11-16(12-10-14)21-18(22)20-13-5-7-15-6-3-4-8-17(15)19/h3-4,6,8-12H,2,5,7,13H2,1H3,(H2,20,21,22). The van der Waals surface area contributed by atoms with Gasteiger partial charge in [0.15, 0.2) is 5.11 Å². The van der Waals surface area contributed by atoms with Gasteiger partial charge in [-0.05, 0) is 60.8 Å². The van der Waals surface area contributed by atoms with Gasteiger partial charge in [0.2, 0.25) is 0 Å². The quantitative estimate of drug-likeness (QED) is 0.585. The summed E-state index contributed by atoms with van der Waals surface area (Å²) in [5, 5.41) is 7.91. The Morgan fingerprint density at radius 1 is 1.09 bits per heavy atom. The van der Waals surface area contributed by atoms with E-state index in [1.165, 1.54) is 11.1 Å². The highest BCUT2D eigenvalue weighted by atomic mass is 35.5. The Balaban J connectivity index is 1.70. The van der Waals surface area contributed by atoms with E-state index in [2.05, 4.69) is 47.9 Å². The number of benzene rings is 2. The fraction of sp³-hybridized carbons (Fsp3) is 0.278. The summed E-state index contributed by atoms with van der Waals surface area (Å²) in [7, 11) is 0. The largest absolute Gasteiger partial charge is 0.362 e. The van der Waals surface area contributed by atoms with Gasteiger partial charge in [-0.3, -0.25) is 0 Å². The van der Waals surface area contributed by atoms with Crippen LogP contribution in [-0.2, 0) is 12.8 Å². The molecule has 116 valence electrons. The highest BCUT2D eigenvalue weighted by Gasteiger charge is 2.00. The molecule has 2 aromatic carbocycles. The Hall–Kier alpha value is -1.58. The molecule has 0 aromatic heterocycles. The van der Waals surface area contributed by atoms with Gasteiger partial charge < -0.3 is 10.6 Å². The Labute approximate surface area is 142 Å². The van der Waals surface area contributed by atoms with Gasteiger partial charge in [-0.1, -0.05) is 48.9 Å². The first kappa shape index (κ1) is 16.8. The number of aryl methyl sites for hydroxylation is 2. The van der Waals surface area contributed by atoms with Crippen molar-refractivity contribution in [2.45, 2.75) is 26.2 Å². The fourth-order valence-corrected chi connectivity index (χ4v) is 2.63. The second-order valence-electron chi connectivity index (χ2n) is 5.13. The minimum Gasteiger partial charge on any atom is -0.362 e. The van der Waals surface area contributed by atoms with Crippen molar-refractivity contribution in [3.8, 4) is 0 Å². The number of anilines is 1. The van der Waals surface area contributed by atoms with Gasteiger partial charge in [-0.25, -0.2) is 0 Å². The molecule has 0 aliphatic heterocycles. The summed E-state index contributed by atoms with van der Waals surface area (Å²) in [6, 6.07) is 16.3. The van der Waals surface area contributed by atoms with Crippen LogP contribution in [0.4, 0.5) is 5.69 Å². The molecule has 0 spiro atoms. The molecule has 0 aliphatic rings. The molecule has 2 nitrogen and oxygen atoms in total. The highest BCUT2D eigenvalue weighted by molar-refractivity contribution is 7.80. The maximum Gasteiger partial charge on any atom is 0.170 e. The average Bonchev–Trinajstić information content (AvgIpc) is 2.54. The van der Waals surface area contributed by atoms with Gasteiger partial charge in [0.05, 0.1) is 0 Å². The van der Waals surface area contributed by atoms with Crippen LogP contribution in [0.25, 0.3) is 0 Å². The number of thiocarbonyl (C=S) groups is 1. The smallest absolute Gasteiger partial charge is 0.170 e. The molecular formula is C18H21ClN2S. The van der Waals surface area contributed by atoms with E-state index in [4.69, 9.17) is 23.8 Å². The minimum atomic E-state index is 0.656. The van der Waals surface area contributed by atoms with Crippen molar-refractivity contribution in [1.82, 2.24) is 5.32 Å². The zero-order valence-corrected chi connectivity index (χ0v) is 14.3. The van der Waals surface area contributed by atoms with Crippen molar-refractivity contribution in [1.29, 1.82) is 0 Å². The number of nitrogens with one attached hydrogen (secondary N) is 2. The second kappa shape index (κ2) is 8.76. The van der Waals surface area contributed by atoms with Gasteiger partial charge in [0.25, 0.3) is 0 Å². The van der Waals surface area contributed by atoms with Crippen LogP contribution in [0.5, 0.6) is 0 Å². The molecule has 4 heteroatoms. The Morgan fingerprint density at radius 3 is 2.50 bits per heavy atom. The molecule has 2 rings (SSSR count). The number of hydrogen-bond donors (Lipinski definition) is 2. The Kier molecular flexibility index (Phi) is 6.69. The topological polar surface area (TPSA) is 24.1 Å². The lowest BCUT2D eigenvalue weighted by Gasteiger charge is -2.11. The van der Waals surface area contributed by atoms with E-state index in [0.29, 0.717) is 5.11 Å². The van der Waals surface area contributed by atoms with Crippen molar-refractivity contribution < 1.29 is 0 Å². The van der Waals surface area contributed by atoms with Crippen LogP contribution in [0.1, 0.15) is 24.5 Å². The molecular weight excluding hydrogens is 312 g/mol. The predicted molar refractivity (Wildman–Crippen MR) is 99.8 cm³/mol. The molecule has 0 saturated heterocycles. The van der Waals surface area contributed by atoms with E-state index in [0.717, 1.165) is 36.5 Å². The number of rotatable bonds is 6. The van der Waals surface area contributed by atoms with Gasteiger partial charge in [0.1, 0.15) is 0 Å². The van der Waals surface area contributed by atoms with E-state index in [9.17, 15) is 0 Å². The van der Waals surface area contributed by atoms with E-state index < -0.39 is 0 Å². The van der Waals surface area contributed by atoms with E-state index in [1.807, 2.05) is 18.2 Å². The highest BCUT2D eigenvalue weighted by Crippen LogP contribution is 2.16. The summed E-state index contributed by atoms with van der Waals surface area (Å²) in [6.45, 7) is 2.97. The predicted octanol–water partition coefficient (Wildman–Crippen LogP) is 4.82. The SMILES string of the molecule is CCc1ccc(NC(=S)NCCCc2ccccc2Cl)cc1. The fourth-order valence-electron chi connectivity index (χ4n) is 2.18. The molecule has 0 fully saturated rings. The molecule has 2 N–H and O–H groups in total. The van der Waals surface area contributed by atoms with Gasteiger partial charge in [-0.15, -0.1) is 0 Å². The summed E-state index contributed by atoms with van der Waals surface area (Å²) in [6.07, 6.45) is 2.98. The molecule has 2 aromatic rings. The van der Waals surface area contributed by atoms with Crippen LogP contribution in [0.2, 0.25) is 5.02 Å². The molecule has 0 amide bonds. The average molecular weight is 333 g/mol. The molecule has 0 saturated carbocycles. The maximum atomic E-state index is 6.14. The van der Waals surface area contributed by atoms with E-state index in [-0.39, 0.29) is 0 Å². The summed E-state index contributed by atoms with van der Waals surface area (Å²) in [5.74, 6) is 0. The summed E-state index contributed by atoms with van der Waals surface area (Å²) >= 11 is 11.4. The van der Waals surface area contributed by atoms with E-state index in [1.54, 1.807) is 0 Å². The molecule has 0 atom stereocenters. The van der Waals surface area contributed by atoms with E-state index >= 15 is 0 Å². The third-order valence-electron chi connectivity index (χ3n) is 3.49. The second-order valence-corrected chi connectivity index (χ2v) is 5.94. The molecule has 0 aliphatic carbocycles. The molecule has 0 unspecified atom stereocenters. The number of hydrogen-bond acceptors (Lipinski definition) is 1. The lowest BCUT2D eigenvalue weighted by Crippen LogP contribution is -2.29. The Morgan fingerprint density at radius 2 is 1.82 bits per heavy atom. The summed E-state index contributed by atoms with van der Waals surface area (Å²) in [4.78, 5) is 0. The van der Waals surface area contributed by atoms with Crippen molar-refractivity contribution in [2.75, 3.05) is 11.9 Å². The zero-order chi connectivity index (χ0) is 15.8. The molecule has 0 heterocycles. The van der Waals surface area contributed by atoms with Crippen molar-refractivity contribution in [3.05, 3.63) is 64.7 Å². The third-order valence-corrected chi connectivity index (χ3v) is 4.10. The lowest BCUT2D eigenvalue weighted by molar-refractivity contribution is 0.777. The first-order chi connectivity index (χ1) is 10.7. The molecule has 0 bridgehead atoms. The van der Waals surface area contributed by atoms with Crippen molar-refractivity contribution in [3.63, 3.8) is 0 Å². The van der Waals surface area contributed by atoms with Crippen LogP contribution in [0.3, 0.4) is 0 Å². The monoisotopic (exact) mass is 332 g/mol. The van der Waals surface area contributed by atoms with Crippen LogP contribution in [-0.4, -0.2) is 11.7 Å². The summed E-state index contributed by atoms with van der Waals surface area (Å²) < 4.78 is 0. The first-order valence-corrected chi connectivity index (χ1v) is 8.35. The zero-order valence-electron chi connectivity index (χ0n) is 12.7. The van der Waals surface area contributed by atoms with Crippen LogP contribution >= 0.6 is 23.8 Å². The van der Waals surface area contributed by atoms with Crippen molar-refractivity contribution in [2.24, 2.45) is 0 Å². The van der Waals surface area contributed by atoms with Crippen LogP contribution in [0.15, 0.2) is 48.5 Å². The lowest BCUT2D eigenvalue weighted by atomic mass is 10.1. The van der Waals surface area contributed by atoms with Crippen LogP contribution < -0.4 is 10.6 Å². The molecule has 0 radical (unpaired) electrons. The minimum absolute atomic E-state index is 0.656. The number of halogens is 1. The molecule has 22 heavy (non-hydrogen) atoms. The third kappa shape index (κ3) is 5.32. The van der Waals surface area contributed by atoms with Crippen molar-refractivity contribution >= 4 is 34.6 Å².